The van der Waals surface area contributed by atoms with E-state index in [-0.39, 0.29) is 5.91 Å². The van der Waals surface area contributed by atoms with Gasteiger partial charge in [0.05, 0.1) is 0 Å². The number of nitrogens with zero attached hydrogens (tertiary/aromatic N) is 1. The predicted octanol–water partition coefficient (Wildman–Crippen LogP) is 4.75. The van der Waals surface area contributed by atoms with Crippen molar-refractivity contribution in [3.8, 4) is 11.3 Å². The molecular formula is C20H14N2O2. The first-order valence-corrected chi connectivity index (χ1v) is 7.62. The maximum absolute atomic E-state index is 12.6. The van der Waals surface area contributed by atoms with Crippen molar-refractivity contribution in [3.63, 3.8) is 0 Å². The van der Waals surface area contributed by atoms with Gasteiger partial charge in [0.15, 0.2) is 0 Å². The second-order valence-corrected chi connectivity index (χ2v) is 5.42. The molecule has 3 aromatic carbocycles. The minimum absolute atomic E-state index is 0.220. The minimum Gasteiger partial charge on any atom is -0.338 e. The van der Waals surface area contributed by atoms with Gasteiger partial charge >= 0.3 is 0 Å². The molecule has 0 saturated heterocycles. The Balaban J connectivity index is 1.61. The molecule has 0 atom stereocenters. The summed E-state index contributed by atoms with van der Waals surface area (Å²) in [5.41, 5.74) is 2.22. The first-order chi connectivity index (χ1) is 11.8. The summed E-state index contributed by atoms with van der Waals surface area (Å²) in [5.74, 6) is 0.106. The topological polar surface area (TPSA) is 55.1 Å². The molecule has 4 heteroatoms. The molecule has 0 bridgehead atoms. The summed E-state index contributed by atoms with van der Waals surface area (Å²) >= 11 is 0. The molecule has 0 aliphatic rings. The number of nitrogens with one attached hydrogen (secondary N) is 1. The van der Waals surface area contributed by atoms with Crippen LogP contribution in [0.3, 0.4) is 0 Å². The molecule has 116 valence electrons. The Labute approximate surface area is 138 Å². The first-order valence-electron chi connectivity index (χ1n) is 7.62. The first kappa shape index (κ1) is 14.2. The van der Waals surface area contributed by atoms with Crippen LogP contribution in [-0.4, -0.2) is 11.1 Å². The SMILES string of the molecule is O=C(Nc1cc(-c2ccccc2)no1)c1cccc2ccccc12. The Kier molecular flexibility index (Phi) is 3.56. The van der Waals surface area contributed by atoms with Crippen LogP contribution in [0.2, 0.25) is 0 Å². The van der Waals surface area contributed by atoms with Gasteiger partial charge < -0.3 is 4.52 Å². The molecule has 4 nitrogen and oxygen atoms in total. The number of fused-ring (bicyclic) bond motifs is 1. The molecular weight excluding hydrogens is 300 g/mol. The molecule has 0 fully saturated rings. The van der Waals surface area contributed by atoms with Gasteiger partial charge in [-0.1, -0.05) is 71.9 Å². The van der Waals surface area contributed by atoms with Crippen LogP contribution in [0.4, 0.5) is 5.88 Å². The van der Waals surface area contributed by atoms with E-state index in [4.69, 9.17) is 4.52 Å². The summed E-state index contributed by atoms with van der Waals surface area (Å²) in [4.78, 5) is 12.6. The van der Waals surface area contributed by atoms with E-state index in [0.29, 0.717) is 17.1 Å². The van der Waals surface area contributed by atoms with Crippen LogP contribution in [0.5, 0.6) is 0 Å². The van der Waals surface area contributed by atoms with Crippen molar-refractivity contribution in [1.29, 1.82) is 0 Å². The van der Waals surface area contributed by atoms with Gasteiger partial charge in [-0.15, -0.1) is 0 Å². The summed E-state index contributed by atoms with van der Waals surface area (Å²) in [6, 6.07) is 24.8. The number of hydrogen-bond donors (Lipinski definition) is 1. The van der Waals surface area contributed by atoms with Crippen LogP contribution in [0.25, 0.3) is 22.0 Å². The number of amides is 1. The van der Waals surface area contributed by atoms with Crippen LogP contribution in [-0.2, 0) is 0 Å². The van der Waals surface area contributed by atoms with E-state index in [1.807, 2.05) is 66.7 Å². The quantitative estimate of drug-likeness (QED) is 0.594. The van der Waals surface area contributed by atoms with Gasteiger partial charge in [-0.3, -0.25) is 10.1 Å². The van der Waals surface area contributed by atoms with E-state index in [1.54, 1.807) is 12.1 Å². The molecule has 0 spiro atoms. The lowest BCUT2D eigenvalue weighted by atomic mass is 10.0. The third-order valence-electron chi connectivity index (χ3n) is 3.85. The van der Waals surface area contributed by atoms with Gasteiger partial charge in [0.2, 0.25) is 5.88 Å². The van der Waals surface area contributed by atoms with Crippen LogP contribution in [0.1, 0.15) is 10.4 Å². The monoisotopic (exact) mass is 314 g/mol. The zero-order chi connectivity index (χ0) is 16.4. The molecule has 1 heterocycles. The Hall–Kier alpha value is -3.40. The third kappa shape index (κ3) is 2.65. The molecule has 4 rings (SSSR count). The van der Waals surface area contributed by atoms with Gasteiger partial charge in [0, 0.05) is 17.2 Å². The number of rotatable bonds is 3. The lowest BCUT2D eigenvalue weighted by Crippen LogP contribution is -2.11. The highest BCUT2D eigenvalue weighted by molar-refractivity contribution is 6.12. The van der Waals surface area contributed by atoms with E-state index >= 15 is 0 Å². The number of benzene rings is 3. The van der Waals surface area contributed by atoms with Crippen molar-refractivity contribution < 1.29 is 9.32 Å². The van der Waals surface area contributed by atoms with E-state index in [1.165, 1.54) is 0 Å². The largest absolute Gasteiger partial charge is 0.338 e. The molecule has 0 saturated carbocycles. The van der Waals surface area contributed by atoms with E-state index in [9.17, 15) is 4.79 Å². The Morgan fingerprint density at radius 3 is 2.50 bits per heavy atom. The summed E-state index contributed by atoms with van der Waals surface area (Å²) in [7, 11) is 0. The lowest BCUT2D eigenvalue weighted by molar-refractivity contribution is 0.102. The van der Waals surface area contributed by atoms with Gasteiger partial charge in [0.1, 0.15) is 5.69 Å². The molecule has 24 heavy (non-hydrogen) atoms. The third-order valence-corrected chi connectivity index (χ3v) is 3.85. The smallest absolute Gasteiger partial charge is 0.258 e. The highest BCUT2D eigenvalue weighted by Crippen LogP contribution is 2.23. The molecule has 0 radical (unpaired) electrons. The zero-order valence-corrected chi connectivity index (χ0v) is 12.8. The standard InChI is InChI=1S/C20H14N2O2/c23-20(17-12-6-10-14-7-4-5-11-16(14)17)21-19-13-18(22-24-19)15-8-2-1-3-9-15/h1-13H,(H,21,23). The fraction of sp³-hybridized carbons (Fsp3) is 0. The van der Waals surface area contributed by atoms with Crippen molar-refractivity contribution in [2.45, 2.75) is 0 Å². The van der Waals surface area contributed by atoms with E-state index < -0.39 is 0 Å². The molecule has 4 aromatic rings. The fourth-order valence-electron chi connectivity index (χ4n) is 2.68. The van der Waals surface area contributed by atoms with Gasteiger partial charge in [-0.2, -0.15) is 0 Å². The lowest BCUT2D eigenvalue weighted by Gasteiger charge is -2.05. The highest BCUT2D eigenvalue weighted by Gasteiger charge is 2.13. The number of carbonyl (C=O) groups excluding carboxylic acids is 1. The maximum atomic E-state index is 12.6. The normalized spacial score (nSPS) is 10.7. The average Bonchev–Trinajstić information content (AvgIpc) is 3.10. The molecule has 0 aliphatic carbocycles. The minimum atomic E-state index is -0.220. The molecule has 1 aromatic heterocycles. The molecule has 0 aliphatic heterocycles. The molecule has 1 N–H and O–H groups in total. The van der Waals surface area contributed by atoms with Crippen molar-refractivity contribution in [2.24, 2.45) is 0 Å². The van der Waals surface area contributed by atoms with Crippen LogP contribution < -0.4 is 5.32 Å². The van der Waals surface area contributed by atoms with Crippen LogP contribution in [0, 0.1) is 0 Å². The Morgan fingerprint density at radius 2 is 1.62 bits per heavy atom. The zero-order valence-electron chi connectivity index (χ0n) is 12.8. The Bertz CT molecular complexity index is 1000. The fourth-order valence-corrected chi connectivity index (χ4v) is 2.68. The van der Waals surface area contributed by atoms with Crippen molar-refractivity contribution >= 4 is 22.6 Å². The second-order valence-electron chi connectivity index (χ2n) is 5.42. The van der Waals surface area contributed by atoms with E-state index in [2.05, 4.69) is 10.5 Å². The maximum Gasteiger partial charge on any atom is 0.258 e. The van der Waals surface area contributed by atoms with Crippen molar-refractivity contribution in [2.75, 3.05) is 5.32 Å². The number of hydrogen-bond acceptors (Lipinski definition) is 3. The second kappa shape index (κ2) is 6.01. The molecule has 0 unspecified atom stereocenters. The van der Waals surface area contributed by atoms with Crippen LogP contribution >= 0.6 is 0 Å². The van der Waals surface area contributed by atoms with Crippen molar-refractivity contribution in [1.82, 2.24) is 5.16 Å². The number of carbonyl (C=O) groups is 1. The van der Waals surface area contributed by atoms with Gasteiger partial charge in [0.25, 0.3) is 5.91 Å². The summed E-state index contributed by atoms with van der Waals surface area (Å²) in [5, 5.41) is 8.70. The van der Waals surface area contributed by atoms with Crippen LogP contribution in [0.15, 0.2) is 83.4 Å². The highest BCUT2D eigenvalue weighted by atomic mass is 16.5. The van der Waals surface area contributed by atoms with Gasteiger partial charge in [-0.05, 0) is 16.8 Å². The van der Waals surface area contributed by atoms with E-state index in [0.717, 1.165) is 16.3 Å². The average molecular weight is 314 g/mol. The van der Waals surface area contributed by atoms with Crippen molar-refractivity contribution in [3.05, 3.63) is 84.4 Å². The summed E-state index contributed by atoms with van der Waals surface area (Å²) < 4.78 is 5.24. The predicted molar refractivity (Wildman–Crippen MR) is 93.8 cm³/mol. The molecule has 1 amide bonds. The Morgan fingerprint density at radius 1 is 0.875 bits per heavy atom. The summed E-state index contributed by atoms with van der Waals surface area (Å²) in [6.07, 6.45) is 0. The number of anilines is 1. The summed E-state index contributed by atoms with van der Waals surface area (Å²) in [6.45, 7) is 0. The number of aromatic nitrogens is 1. The van der Waals surface area contributed by atoms with Gasteiger partial charge in [-0.25, -0.2) is 0 Å².